The summed E-state index contributed by atoms with van der Waals surface area (Å²) in [7, 11) is 1.38. The lowest BCUT2D eigenvalue weighted by atomic mass is 10.1. The highest BCUT2D eigenvalue weighted by Gasteiger charge is 1.87. The van der Waals surface area contributed by atoms with Crippen molar-refractivity contribution in [2.75, 3.05) is 7.11 Å². The van der Waals surface area contributed by atoms with Crippen LogP contribution in [-0.4, -0.2) is 13.1 Å². The summed E-state index contributed by atoms with van der Waals surface area (Å²) in [5, 5.41) is 0. The second-order valence-electron chi connectivity index (χ2n) is 3.51. The van der Waals surface area contributed by atoms with E-state index in [1.165, 1.54) is 45.3 Å². The van der Waals surface area contributed by atoms with Crippen LogP contribution in [0, 0.1) is 0 Å². The van der Waals surface area contributed by atoms with Crippen LogP contribution in [0.3, 0.4) is 0 Å². The molecule has 0 aliphatic rings. The van der Waals surface area contributed by atoms with Crippen molar-refractivity contribution in [2.45, 2.75) is 45.4 Å². The maximum atomic E-state index is 10.7. The Morgan fingerprint density at radius 1 is 1.13 bits per heavy atom. The molecule has 0 heterocycles. The zero-order valence-electron chi connectivity index (χ0n) is 9.87. The van der Waals surface area contributed by atoms with Gasteiger partial charge < -0.3 is 4.74 Å². The van der Waals surface area contributed by atoms with Crippen LogP contribution in [0.2, 0.25) is 0 Å². The third kappa shape index (κ3) is 10.9. The Kier molecular flexibility index (Phi) is 10.3. The van der Waals surface area contributed by atoms with Gasteiger partial charge in [-0.3, -0.25) is 0 Å². The predicted octanol–water partition coefficient (Wildman–Crippen LogP) is 3.63. The zero-order chi connectivity index (χ0) is 11.4. The molecule has 0 spiro atoms. The van der Waals surface area contributed by atoms with Gasteiger partial charge in [-0.1, -0.05) is 50.8 Å². The van der Waals surface area contributed by atoms with Gasteiger partial charge in [-0.2, -0.15) is 0 Å². The van der Waals surface area contributed by atoms with Crippen molar-refractivity contribution >= 4 is 5.97 Å². The molecule has 0 atom stereocenters. The van der Waals surface area contributed by atoms with E-state index in [2.05, 4.69) is 17.7 Å². The standard InChI is InChI=1S/C13H22O2/c1-3-4-5-6-7-8-9-10-11-12-13(14)15-2/h9-12H,3-8H2,1-2H3/b10-9-,12-11?. The number of carbonyl (C=O) groups is 1. The Bertz CT molecular complexity index is 205. The van der Waals surface area contributed by atoms with E-state index >= 15 is 0 Å². The van der Waals surface area contributed by atoms with E-state index in [1.807, 2.05) is 6.08 Å². The van der Waals surface area contributed by atoms with Crippen molar-refractivity contribution in [3.8, 4) is 0 Å². The molecule has 0 saturated carbocycles. The molecule has 0 N–H and O–H groups in total. The van der Waals surface area contributed by atoms with E-state index in [1.54, 1.807) is 6.08 Å². The summed E-state index contributed by atoms with van der Waals surface area (Å²) in [5.74, 6) is -0.303. The first-order valence-electron chi connectivity index (χ1n) is 5.72. The summed E-state index contributed by atoms with van der Waals surface area (Å²) in [6.45, 7) is 2.22. The summed E-state index contributed by atoms with van der Waals surface area (Å²) >= 11 is 0. The second kappa shape index (κ2) is 11.0. The molecule has 0 rings (SSSR count). The SMILES string of the molecule is CCCCCCC/C=C\C=CC(=O)OC. The molecule has 2 nitrogen and oxygen atoms in total. The van der Waals surface area contributed by atoms with Gasteiger partial charge in [0.25, 0.3) is 0 Å². The minimum Gasteiger partial charge on any atom is -0.466 e. The number of rotatable bonds is 8. The average Bonchev–Trinajstić information content (AvgIpc) is 2.26. The second-order valence-corrected chi connectivity index (χ2v) is 3.51. The van der Waals surface area contributed by atoms with E-state index in [-0.39, 0.29) is 5.97 Å². The molecule has 2 heteroatoms. The maximum Gasteiger partial charge on any atom is 0.330 e. The van der Waals surface area contributed by atoms with Crippen LogP contribution in [0.1, 0.15) is 45.4 Å². The van der Waals surface area contributed by atoms with Crippen molar-refractivity contribution in [2.24, 2.45) is 0 Å². The minimum absolute atomic E-state index is 0.303. The van der Waals surface area contributed by atoms with Crippen molar-refractivity contribution in [3.05, 3.63) is 24.3 Å². The van der Waals surface area contributed by atoms with E-state index in [0.29, 0.717) is 0 Å². The van der Waals surface area contributed by atoms with Crippen LogP contribution >= 0.6 is 0 Å². The fraction of sp³-hybridized carbons (Fsp3) is 0.615. The summed E-state index contributed by atoms with van der Waals surface area (Å²) < 4.78 is 4.46. The Hall–Kier alpha value is -1.05. The zero-order valence-corrected chi connectivity index (χ0v) is 9.87. The molecule has 0 fully saturated rings. The van der Waals surface area contributed by atoms with Crippen LogP contribution in [0.25, 0.3) is 0 Å². The minimum atomic E-state index is -0.303. The maximum absolute atomic E-state index is 10.7. The average molecular weight is 210 g/mol. The number of esters is 1. The van der Waals surface area contributed by atoms with Gasteiger partial charge in [0.15, 0.2) is 0 Å². The summed E-state index contributed by atoms with van der Waals surface area (Å²) in [6, 6.07) is 0. The molecular weight excluding hydrogens is 188 g/mol. The van der Waals surface area contributed by atoms with Crippen molar-refractivity contribution in [1.29, 1.82) is 0 Å². The number of carbonyl (C=O) groups excluding carboxylic acids is 1. The molecule has 0 bridgehead atoms. The quantitative estimate of drug-likeness (QED) is 0.265. The number of hydrogen-bond donors (Lipinski definition) is 0. The molecule has 86 valence electrons. The van der Waals surface area contributed by atoms with Crippen molar-refractivity contribution in [1.82, 2.24) is 0 Å². The Morgan fingerprint density at radius 3 is 2.53 bits per heavy atom. The molecule has 0 saturated heterocycles. The van der Waals surface area contributed by atoms with Gasteiger partial charge in [0.1, 0.15) is 0 Å². The number of allylic oxidation sites excluding steroid dienone is 3. The van der Waals surface area contributed by atoms with E-state index in [0.717, 1.165) is 6.42 Å². The van der Waals surface area contributed by atoms with Gasteiger partial charge in [0.05, 0.1) is 7.11 Å². The van der Waals surface area contributed by atoms with Crippen LogP contribution in [-0.2, 0) is 9.53 Å². The van der Waals surface area contributed by atoms with E-state index in [4.69, 9.17) is 0 Å². The fourth-order valence-electron chi connectivity index (χ4n) is 1.24. The first kappa shape index (κ1) is 13.9. The molecule has 0 unspecified atom stereocenters. The highest BCUT2D eigenvalue weighted by molar-refractivity contribution is 5.82. The monoisotopic (exact) mass is 210 g/mol. The highest BCUT2D eigenvalue weighted by Crippen LogP contribution is 2.05. The third-order valence-electron chi connectivity index (χ3n) is 2.16. The molecule has 0 aromatic heterocycles. The normalized spacial score (nSPS) is 11.3. The molecule has 0 aliphatic carbocycles. The van der Waals surface area contributed by atoms with Gasteiger partial charge in [0, 0.05) is 6.08 Å². The summed E-state index contributed by atoms with van der Waals surface area (Å²) in [4.78, 5) is 10.7. The van der Waals surface area contributed by atoms with Crippen LogP contribution in [0.4, 0.5) is 0 Å². The topological polar surface area (TPSA) is 26.3 Å². The van der Waals surface area contributed by atoms with Crippen molar-refractivity contribution < 1.29 is 9.53 Å². The molecule has 0 aromatic carbocycles. The molecule has 0 radical (unpaired) electrons. The van der Waals surface area contributed by atoms with Crippen LogP contribution in [0.15, 0.2) is 24.3 Å². The lowest BCUT2D eigenvalue weighted by Crippen LogP contribution is -1.92. The largest absolute Gasteiger partial charge is 0.466 e. The smallest absolute Gasteiger partial charge is 0.330 e. The molecule has 0 aliphatic heterocycles. The van der Waals surface area contributed by atoms with Gasteiger partial charge >= 0.3 is 5.97 Å². The first-order valence-corrected chi connectivity index (χ1v) is 5.72. The molecular formula is C13H22O2. The number of unbranched alkanes of at least 4 members (excludes halogenated alkanes) is 5. The molecule has 0 amide bonds. The van der Waals surface area contributed by atoms with Crippen LogP contribution in [0.5, 0.6) is 0 Å². The molecule has 0 aromatic rings. The Labute approximate surface area is 93.0 Å². The summed E-state index contributed by atoms with van der Waals surface area (Å²) in [5.41, 5.74) is 0. The lowest BCUT2D eigenvalue weighted by Gasteiger charge is -1.95. The number of ether oxygens (including phenoxy) is 1. The first-order chi connectivity index (χ1) is 7.31. The van der Waals surface area contributed by atoms with Gasteiger partial charge in [0.2, 0.25) is 0 Å². The van der Waals surface area contributed by atoms with E-state index in [9.17, 15) is 4.79 Å². The van der Waals surface area contributed by atoms with Gasteiger partial charge in [-0.05, 0) is 12.8 Å². The highest BCUT2D eigenvalue weighted by atomic mass is 16.5. The van der Waals surface area contributed by atoms with Crippen LogP contribution < -0.4 is 0 Å². The predicted molar refractivity (Wildman–Crippen MR) is 63.7 cm³/mol. The Morgan fingerprint density at radius 2 is 1.87 bits per heavy atom. The molecule has 15 heavy (non-hydrogen) atoms. The lowest BCUT2D eigenvalue weighted by molar-refractivity contribution is -0.134. The Balaban J connectivity index is 3.31. The summed E-state index contributed by atoms with van der Waals surface area (Å²) in [6.07, 6.45) is 14.7. The van der Waals surface area contributed by atoms with E-state index < -0.39 is 0 Å². The van der Waals surface area contributed by atoms with Gasteiger partial charge in [-0.15, -0.1) is 0 Å². The van der Waals surface area contributed by atoms with Gasteiger partial charge in [-0.25, -0.2) is 4.79 Å². The number of methoxy groups -OCH3 is 1. The fourth-order valence-corrected chi connectivity index (χ4v) is 1.24. The number of hydrogen-bond acceptors (Lipinski definition) is 2. The van der Waals surface area contributed by atoms with Crippen molar-refractivity contribution in [3.63, 3.8) is 0 Å². The third-order valence-corrected chi connectivity index (χ3v) is 2.16.